The number of aromatic nitrogens is 2. The minimum Gasteiger partial charge on any atom is -0.369 e. The first-order valence-corrected chi connectivity index (χ1v) is 11.8. The molecule has 1 fully saturated rings. The van der Waals surface area contributed by atoms with Gasteiger partial charge in [-0.05, 0) is 50.4 Å². The summed E-state index contributed by atoms with van der Waals surface area (Å²) in [4.78, 5) is 13.4. The van der Waals surface area contributed by atoms with Crippen LogP contribution in [0.25, 0.3) is 0 Å². The average molecular weight is 450 g/mol. The third kappa shape index (κ3) is 7.69. The third-order valence-electron chi connectivity index (χ3n) is 5.96. The van der Waals surface area contributed by atoms with E-state index in [2.05, 4.69) is 96.3 Å². The second-order valence-corrected chi connectivity index (χ2v) is 11.0. The molecule has 1 aliphatic rings. The van der Waals surface area contributed by atoms with Crippen LogP contribution in [0.15, 0.2) is 30.5 Å². The highest BCUT2D eigenvalue weighted by molar-refractivity contribution is 5.48. The lowest BCUT2D eigenvalue weighted by atomic mass is 9.94. The van der Waals surface area contributed by atoms with E-state index >= 15 is 0 Å². The van der Waals surface area contributed by atoms with Gasteiger partial charge in [-0.3, -0.25) is 0 Å². The summed E-state index contributed by atoms with van der Waals surface area (Å²) in [5.74, 6) is 0.922. The van der Waals surface area contributed by atoms with Crippen LogP contribution in [0.1, 0.15) is 51.6 Å². The van der Waals surface area contributed by atoms with Gasteiger partial charge in [-0.15, -0.1) is 0 Å². The van der Waals surface area contributed by atoms with E-state index in [9.17, 15) is 5.26 Å². The Morgan fingerprint density at radius 3 is 2.30 bits per heavy atom. The first-order valence-electron chi connectivity index (χ1n) is 11.8. The molecule has 33 heavy (non-hydrogen) atoms. The molecule has 0 aliphatic carbocycles. The van der Waals surface area contributed by atoms with E-state index in [0.29, 0.717) is 6.54 Å². The Labute approximate surface area is 199 Å². The van der Waals surface area contributed by atoms with Gasteiger partial charge < -0.3 is 20.4 Å². The first-order chi connectivity index (χ1) is 15.5. The molecule has 7 heteroatoms. The van der Waals surface area contributed by atoms with E-state index in [1.165, 1.54) is 11.3 Å². The van der Waals surface area contributed by atoms with Crippen LogP contribution in [0.5, 0.6) is 0 Å². The summed E-state index contributed by atoms with van der Waals surface area (Å²) in [6, 6.07) is 11.0. The SMILES string of the molecule is CN1CCN(c2ccc(CC(C)(C)NCc3cnc(C#N)nc3NCC(C)(C)C)cc2)CC1. The van der Waals surface area contributed by atoms with Crippen molar-refractivity contribution < 1.29 is 0 Å². The molecular weight excluding hydrogens is 410 g/mol. The van der Waals surface area contributed by atoms with Crippen molar-refractivity contribution in [3.8, 4) is 6.07 Å². The van der Waals surface area contributed by atoms with Crippen LogP contribution in [0.2, 0.25) is 0 Å². The lowest BCUT2D eigenvalue weighted by molar-refractivity contribution is 0.313. The largest absolute Gasteiger partial charge is 0.369 e. The number of benzene rings is 1. The van der Waals surface area contributed by atoms with Gasteiger partial charge in [0.1, 0.15) is 11.9 Å². The highest BCUT2D eigenvalue weighted by Gasteiger charge is 2.20. The van der Waals surface area contributed by atoms with Crippen LogP contribution in [0, 0.1) is 16.7 Å². The van der Waals surface area contributed by atoms with Crippen LogP contribution >= 0.6 is 0 Å². The highest BCUT2D eigenvalue weighted by Crippen LogP contribution is 2.21. The maximum Gasteiger partial charge on any atom is 0.234 e. The zero-order chi connectivity index (χ0) is 24.1. The standard InChI is InChI=1S/C26H39N7/c1-25(2,3)19-29-24-21(17-28-23(16-27)31-24)18-30-26(4,5)15-20-7-9-22(10-8-20)33-13-11-32(6)12-14-33/h7-10,17,30H,11-15,18-19H2,1-6H3,(H,28,29,31). The molecule has 2 heterocycles. The van der Waals surface area contributed by atoms with Crippen molar-refractivity contribution in [3.05, 3.63) is 47.4 Å². The lowest BCUT2D eigenvalue weighted by Gasteiger charge is -2.34. The van der Waals surface area contributed by atoms with Gasteiger partial charge in [0.25, 0.3) is 0 Å². The number of anilines is 2. The molecule has 2 N–H and O–H groups in total. The molecule has 178 valence electrons. The predicted molar refractivity (Wildman–Crippen MR) is 135 cm³/mol. The van der Waals surface area contributed by atoms with E-state index in [-0.39, 0.29) is 16.8 Å². The van der Waals surface area contributed by atoms with Crippen LogP contribution in [0.3, 0.4) is 0 Å². The Balaban J connectivity index is 1.61. The zero-order valence-corrected chi connectivity index (χ0v) is 21.1. The van der Waals surface area contributed by atoms with E-state index in [0.717, 1.165) is 50.5 Å². The number of rotatable bonds is 8. The quantitative estimate of drug-likeness (QED) is 0.636. The van der Waals surface area contributed by atoms with Crippen LogP contribution in [-0.4, -0.2) is 60.2 Å². The second-order valence-electron chi connectivity index (χ2n) is 11.0. The molecule has 0 radical (unpaired) electrons. The molecule has 1 saturated heterocycles. The third-order valence-corrected chi connectivity index (χ3v) is 5.96. The Morgan fingerprint density at radius 1 is 1.03 bits per heavy atom. The predicted octanol–water partition coefficient (Wildman–Crippen LogP) is 3.67. The van der Waals surface area contributed by atoms with Crippen molar-refractivity contribution in [2.24, 2.45) is 5.41 Å². The van der Waals surface area contributed by atoms with Gasteiger partial charge in [-0.1, -0.05) is 32.9 Å². The maximum absolute atomic E-state index is 9.20. The molecule has 0 unspecified atom stereocenters. The highest BCUT2D eigenvalue weighted by atomic mass is 15.2. The summed E-state index contributed by atoms with van der Waals surface area (Å²) in [6.07, 6.45) is 2.67. The van der Waals surface area contributed by atoms with Crippen LogP contribution < -0.4 is 15.5 Å². The van der Waals surface area contributed by atoms with Gasteiger partial charge in [0.2, 0.25) is 5.82 Å². The number of piperazine rings is 1. The zero-order valence-electron chi connectivity index (χ0n) is 21.1. The number of hydrogen-bond acceptors (Lipinski definition) is 7. The summed E-state index contributed by atoms with van der Waals surface area (Å²) in [6.45, 7) is 16.7. The number of likely N-dealkylation sites (N-methyl/N-ethyl adjacent to an activating group) is 1. The Bertz CT molecular complexity index is 946. The monoisotopic (exact) mass is 449 g/mol. The fourth-order valence-electron chi connectivity index (χ4n) is 3.89. The van der Waals surface area contributed by atoms with Gasteiger partial charge >= 0.3 is 0 Å². The topological polar surface area (TPSA) is 80.1 Å². The number of nitrogens with zero attached hydrogens (tertiary/aromatic N) is 5. The van der Waals surface area contributed by atoms with Gasteiger partial charge in [0.05, 0.1) is 0 Å². The number of hydrogen-bond donors (Lipinski definition) is 2. The van der Waals surface area contributed by atoms with Crippen molar-refractivity contribution >= 4 is 11.5 Å². The average Bonchev–Trinajstić information content (AvgIpc) is 2.77. The molecule has 1 aliphatic heterocycles. The fourth-order valence-corrected chi connectivity index (χ4v) is 3.89. The Hall–Kier alpha value is -2.69. The van der Waals surface area contributed by atoms with E-state index in [1.807, 2.05) is 6.07 Å². The molecule has 0 bridgehead atoms. The minimum absolute atomic E-state index is 0.107. The fraction of sp³-hybridized carbons (Fsp3) is 0.577. The molecule has 7 nitrogen and oxygen atoms in total. The van der Waals surface area contributed by atoms with Crippen LogP contribution in [-0.2, 0) is 13.0 Å². The molecule has 0 atom stereocenters. The smallest absolute Gasteiger partial charge is 0.234 e. The van der Waals surface area contributed by atoms with Crippen molar-refractivity contribution in [2.45, 2.75) is 53.1 Å². The van der Waals surface area contributed by atoms with Gasteiger partial charge in [0.15, 0.2) is 0 Å². The Morgan fingerprint density at radius 2 is 1.70 bits per heavy atom. The summed E-state index contributed by atoms with van der Waals surface area (Å²) < 4.78 is 0. The molecule has 0 spiro atoms. The number of nitrogens with one attached hydrogen (secondary N) is 2. The first kappa shape index (κ1) is 24.9. The minimum atomic E-state index is -0.107. The summed E-state index contributed by atoms with van der Waals surface area (Å²) in [5, 5.41) is 16.3. The van der Waals surface area contributed by atoms with E-state index < -0.39 is 0 Å². The lowest BCUT2D eigenvalue weighted by Crippen LogP contribution is -2.44. The van der Waals surface area contributed by atoms with E-state index in [1.54, 1.807) is 6.20 Å². The van der Waals surface area contributed by atoms with E-state index in [4.69, 9.17) is 0 Å². The maximum atomic E-state index is 9.20. The molecule has 2 aromatic rings. The molecule has 0 amide bonds. The molecule has 3 rings (SSSR count). The summed E-state index contributed by atoms with van der Waals surface area (Å²) in [7, 11) is 2.18. The molecule has 0 saturated carbocycles. The Kier molecular flexibility index (Phi) is 7.93. The normalized spacial score (nSPS) is 15.4. The van der Waals surface area contributed by atoms with Crippen LogP contribution in [0.4, 0.5) is 11.5 Å². The van der Waals surface area contributed by atoms with Gasteiger partial charge in [-0.25, -0.2) is 9.97 Å². The summed E-state index contributed by atoms with van der Waals surface area (Å²) >= 11 is 0. The van der Waals surface area contributed by atoms with Crippen molar-refractivity contribution in [1.29, 1.82) is 5.26 Å². The second kappa shape index (κ2) is 10.5. The van der Waals surface area contributed by atoms with Crippen molar-refractivity contribution in [3.63, 3.8) is 0 Å². The number of nitriles is 1. The van der Waals surface area contributed by atoms with Gasteiger partial charge in [0, 0.05) is 62.3 Å². The van der Waals surface area contributed by atoms with Crippen molar-refractivity contribution in [1.82, 2.24) is 20.2 Å². The molecule has 1 aromatic carbocycles. The van der Waals surface area contributed by atoms with Gasteiger partial charge in [-0.2, -0.15) is 5.26 Å². The van der Waals surface area contributed by atoms with Crippen molar-refractivity contribution in [2.75, 3.05) is 50.0 Å². The molecule has 1 aromatic heterocycles. The summed E-state index contributed by atoms with van der Waals surface area (Å²) in [5.41, 5.74) is 3.59. The molecular formula is C26H39N7.